The Morgan fingerprint density at radius 1 is 1.08 bits per heavy atom. The molecular formula is C42H65N6O12PS2. The van der Waals surface area contributed by atoms with Gasteiger partial charge in [0, 0.05) is 44.3 Å². The first-order chi connectivity index (χ1) is 29.5. The van der Waals surface area contributed by atoms with Gasteiger partial charge in [0.15, 0.2) is 11.9 Å². The fourth-order valence-corrected chi connectivity index (χ4v) is 8.90. The molecule has 1 saturated heterocycles. The zero-order valence-electron chi connectivity index (χ0n) is 37.4. The van der Waals surface area contributed by atoms with E-state index in [1.165, 1.54) is 37.4 Å². The van der Waals surface area contributed by atoms with Crippen molar-refractivity contribution in [2.24, 2.45) is 17.8 Å². The van der Waals surface area contributed by atoms with Crippen molar-refractivity contribution in [3.8, 4) is 5.75 Å². The van der Waals surface area contributed by atoms with Crippen LogP contribution in [0.25, 0.3) is 0 Å². The summed E-state index contributed by atoms with van der Waals surface area (Å²) in [7, 11) is -1.43. The summed E-state index contributed by atoms with van der Waals surface area (Å²) in [5.74, 6) is -4.32. The van der Waals surface area contributed by atoms with E-state index in [9.17, 15) is 48.2 Å². The number of thiol groups is 1. The molecule has 1 fully saturated rings. The molecule has 352 valence electrons. The summed E-state index contributed by atoms with van der Waals surface area (Å²) >= 11 is 5.19. The molecule has 0 saturated carbocycles. The highest BCUT2D eigenvalue weighted by molar-refractivity contribution is 7.80. The van der Waals surface area contributed by atoms with Crippen molar-refractivity contribution in [1.29, 1.82) is 0 Å². The van der Waals surface area contributed by atoms with Crippen molar-refractivity contribution in [2.45, 2.75) is 130 Å². The van der Waals surface area contributed by atoms with Gasteiger partial charge < -0.3 is 35.2 Å². The lowest BCUT2D eigenvalue weighted by atomic mass is 9.92. The number of carboxylic acid groups (broad SMARTS) is 1. The summed E-state index contributed by atoms with van der Waals surface area (Å²) in [6.07, 6.45) is 3.00. The maximum absolute atomic E-state index is 14.3. The Morgan fingerprint density at radius 2 is 1.78 bits per heavy atom. The van der Waals surface area contributed by atoms with Crippen LogP contribution in [0.1, 0.15) is 120 Å². The van der Waals surface area contributed by atoms with Gasteiger partial charge in [0.05, 0.1) is 17.6 Å². The van der Waals surface area contributed by atoms with Crippen LogP contribution in [0, 0.1) is 17.8 Å². The van der Waals surface area contributed by atoms with E-state index in [-0.39, 0.29) is 72.5 Å². The van der Waals surface area contributed by atoms with Crippen LogP contribution in [-0.2, 0) is 39.7 Å². The zero-order chi connectivity index (χ0) is 47.2. The summed E-state index contributed by atoms with van der Waals surface area (Å²) in [4.78, 5) is 106. The van der Waals surface area contributed by atoms with Gasteiger partial charge in [-0.05, 0) is 81.0 Å². The largest absolute Gasteiger partial charge is 0.524 e. The number of aliphatic carboxylic acids is 1. The Balaban J connectivity index is 1.88. The first-order valence-electron chi connectivity index (χ1n) is 21.3. The molecule has 0 spiro atoms. The molecule has 1 aliphatic heterocycles. The van der Waals surface area contributed by atoms with Crippen molar-refractivity contribution in [2.75, 3.05) is 31.7 Å². The van der Waals surface area contributed by atoms with Crippen LogP contribution in [-0.4, -0.2) is 116 Å². The maximum atomic E-state index is 14.3. The number of phosphoric acid groups is 1. The highest BCUT2D eigenvalue weighted by Gasteiger charge is 2.37. The lowest BCUT2D eigenvalue weighted by molar-refractivity contribution is -0.149. The molecule has 3 rings (SSSR count). The quantitative estimate of drug-likeness (QED) is 0.0406. The van der Waals surface area contributed by atoms with E-state index in [0.717, 1.165) is 30.7 Å². The average Bonchev–Trinajstić information content (AvgIpc) is 3.71. The topological polar surface area (TPSA) is 254 Å². The van der Waals surface area contributed by atoms with Crippen LogP contribution in [0.3, 0.4) is 0 Å². The van der Waals surface area contributed by atoms with Crippen LogP contribution < -0.4 is 20.5 Å². The Labute approximate surface area is 379 Å². The van der Waals surface area contributed by atoms with E-state index in [4.69, 9.17) is 9.26 Å². The fraction of sp³-hybridized carbons (Fsp3) is 0.643. The van der Waals surface area contributed by atoms with Gasteiger partial charge in [-0.3, -0.25) is 43.5 Å². The van der Waals surface area contributed by atoms with Crippen LogP contribution in [0.4, 0.5) is 5.69 Å². The second-order valence-corrected chi connectivity index (χ2v) is 19.2. The number of likely N-dealkylation sites (N-methyl/N-ethyl adjacent to an activating group) is 2. The first kappa shape index (κ1) is 53.3. The number of carbonyl (C=O) groups is 6. The van der Waals surface area contributed by atoms with Crippen LogP contribution >= 0.6 is 31.8 Å². The summed E-state index contributed by atoms with van der Waals surface area (Å²) in [5.41, 5.74) is 0.418. The second kappa shape index (κ2) is 24.8. The smallest absolute Gasteiger partial charge is 0.481 e. The third-order valence-corrected chi connectivity index (χ3v) is 12.9. The van der Waals surface area contributed by atoms with E-state index >= 15 is 0 Å². The van der Waals surface area contributed by atoms with Crippen molar-refractivity contribution in [3.05, 3.63) is 39.8 Å². The number of piperidine rings is 1. The maximum Gasteiger partial charge on any atom is 0.524 e. The number of amides is 4. The number of esters is 1. The molecule has 63 heavy (non-hydrogen) atoms. The van der Waals surface area contributed by atoms with E-state index in [0.29, 0.717) is 35.6 Å². The molecule has 18 nitrogen and oxygen atoms in total. The van der Waals surface area contributed by atoms with Gasteiger partial charge in [0.1, 0.15) is 16.7 Å². The molecule has 0 bridgehead atoms. The molecular weight excluding hydrogens is 876 g/mol. The van der Waals surface area contributed by atoms with Gasteiger partial charge >= 0.3 is 19.8 Å². The number of benzene rings is 1. The van der Waals surface area contributed by atoms with E-state index < -0.39 is 61.7 Å². The summed E-state index contributed by atoms with van der Waals surface area (Å²) in [6.45, 7) is 11.3. The molecule has 1 aliphatic rings. The Kier molecular flexibility index (Phi) is 21.0. The number of likely N-dealkylation sites (tertiary alicyclic amines) is 1. The SMILES string of the molecule is CCC(C)C(NC(=O)[C@H]1CCCCN1C)C(=O)N(C)C(CC(OC(C)=O)c1nc(C(=O)NC(Cc2ccc(OP(=O)(O)O)c(NC(=O)CCCS)c2)CC(C)C(=O)O)cs1)C(C)C. The minimum absolute atomic E-state index is 0.0234. The molecule has 6 N–H and O–H groups in total. The van der Waals surface area contributed by atoms with Crippen LogP contribution in [0.5, 0.6) is 5.75 Å². The number of nitrogens with one attached hydrogen (secondary N) is 3. The summed E-state index contributed by atoms with van der Waals surface area (Å²) in [5, 5.41) is 20.0. The first-order valence-corrected chi connectivity index (χ1v) is 24.3. The molecule has 6 unspecified atom stereocenters. The minimum Gasteiger partial charge on any atom is -0.481 e. The minimum atomic E-state index is -5.01. The molecule has 2 aromatic rings. The number of nitrogens with zero attached hydrogens (tertiary/aromatic N) is 3. The number of rotatable bonds is 24. The van der Waals surface area contributed by atoms with Gasteiger partial charge in [-0.2, -0.15) is 12.6 Å². The Bertz CT molecular complexity index is 1950. The lowest BCUT2D eigenvalue weighted by Crippen LogP contribution is -2.58. The standard InChI is InChI=1S/C42H65N6O12PS2/c1-9-25(4)37(46-39(52)32-13-10-11-17-47(32)7)41(53)48(8)33(24(2)3)22-35(59-27(6)49)40-45-31(23-63-40)38(51)43-29(19-26(5)42(54)55)20-28-15-16-34(60-61(56,57)58)30(21-28)44-36(50)14-12-18-62/h15-16,21,23-26,29,32-33,35,37,62H,9-14,17-20,22H2,1-8H3,(H,43,51)(H,44,50)(H,46,52)(H,54,55)(H2,56,57,58)/t25?,26?,29?,32-,33?,35?,37?/m1/s1. The molecule has 21 heteroatoms. The fourth-order valence-electron chi connectivity index (χ4n) is 7.48. The zero-order valence-corrected chi connectivity index (χ0v) is 40.0. The van der Waals surface area contributed by atoms with Crippen LogP contribution in [0.15, 0.2) is 23.6 Å². The summed E-state index contributed by atoms with van der Waals surface area (Å²) < 4.78 is 22.3. The number of carbonyl (C=O) groups excluding carboxylic acids is 5. The Hall–Kier alpha value is -4.07. The highest BCUT2D eigenvalue weighted by Crippen LogP contribution is 2.41. The van der Waals surface area contributed by atoms with Crippen molar-refractivity contribution in [1.82, 2.24) is 25.4 Å². The van der Waals surface area contributed by atoms with Gasteiger partial charge in [-0.1, -0.05) is 53.5 Å². The number of thiazole rings is 1. The van der Waals surface area contributed by atoms with Crippen molar-refractivity contribution < 1.29 is 57.5 Å². The highest BCUT2D eigenvalue weighted by atomic mass is 32.1. The number of carboxylic acids is 1. The number of aromatic nitrogens is 1. The van der Waals surface area contributed by atoms with Crippen LogP contribution in [0.2, 0.25) is 0 Å². The normalized spacial score (nSPS) is 17.4. The molecule has 2 heterocycles. The predicted octanol–water partition coefficient (Wildman–Crippen LogP) is 5.21. The monoisotopic (exact) mass is 940 g/mol. The van der Waals surface area contributed by atoms with Gasteiger partial charge in [-0.15, -0.1) is 11.3 Å². The number of ether oxygens (including phenoxy) is 1. The van der Waals surface area contributed by atoms with Gasteiger partial charge in [0.25, 0.3) is 5.91 Å². The Morgan fingerprint density at radius 3 is 2.37 bits per heavy atom. The number of anilines is 1. The molecule has 4 amide bonds. The molecule has 0 aliphatic carbocycles. The average molecular weight is 941 g/mol. The molecule has 7 atom stereocenters. The number of hydrogen-bond acceptors (Lipinski definition) is 13. The van der Waals surface area contributed by atoms with Gasteiger partial charge in [-0.25, -0.2) is 9.55 Å². The molecule has 1 aromatic carbocycles. The van der Waals surface area contributed by atoms with E-state index in [1.54, 1.807) is 11.9 Å². The van der Waals surface area contributed by atoms with E-state index in [2.05, 4.69) is 33.6 Å². The number of phosphoric ester groups is 1. The summed E-state index contributed by atoms with van der Waals surface area (Å²) in [6, 6.07) is 1.77. The second-order valence-electron chi connectivity index (χ2n) is 16.7. The van der Waals surface area contributed by atoms with Crippen molar-refractivity contribution >= 4 is 73.0 Å². The number of hydrogen-bond donors (Lipinski definition) is 7. The van der Waals surface area contributed by atoms with Gasteiger partial charge in [0.2, 0.25) is 17.7 Å². The molecule has 0 radical (unpaired) electrons. The third-order valence-electron chi connectivity index (χ3n) is 11.2. The van der Waals surface area contributed by atoms with E-state index in [1.807, 2.05) is 39.6 Å². The predicted molar refractivity (Wildman–Crippen MR) is 241 cm³/mol. The lowest BCUT2D eigenvalue weighted by Gasteiger charge is -2.38. The van der Waals surface area contributed by atoms with Crippen molar-refractivity contribution in [3.63, 3.8) is 0 Å². The molecule has 1 aromatic heterocycles. The third kappa shape index (κ3) is 16.8.